The molecule has 0 aromatic carbocycles. The Balaban J connectivity index is 2.79. The second kappa shape index (κ2) is 4.04. The van der Waals surface area contributed by atoms with E-state index in [0.717, 1.165) is 18.7 Å². The van der Waals surface area contributed by atoms with Crippen molar-refractivity contribution in [1.82, 2.24) is 9.78 Å². The van der Waals surface area contributed by atoms with Crippen molar-refractivity contribution in [1.29, 1.82) is 0 Å². The van der Waals surface area contributed by atoms with E-state index in [1.165, 1.54) is 0 Å². The highest BCUT2D eigenvalue weighted by atomic mass is 16.1. The summed E-state index contributed by atoms with van der Waals surface area (Å²) in [6.07, 6.45) is 3.19. The molecule has 12 heavy (non-hydrogen) atoms. The number of hydrogen-bond donors (Lipinski definition) is 0. The van der Waals surface area contributed by atoms with Gasteiger partial charge in [0.25, 0.3) is 0 Å². The standard InChI is InChI=1S/C9H14N2O/c1-3-5-9(12)8-6-7-10-11(8)4-2/h6-7H,3-5H2,1-2H3. The lowest BCUT2D eigenvalue weighted by molar-refractivity contribution is 0.0971. The van der Waals surface area contributed by atoms with E-state index in [0.29, 0.717) is 6.42 Å². The highest BCUT2D eigenvalue weighted by Gasteiger charge is 2.08. The Morgan fingerprint density at radius 1 is 1.58 bits per heavy atom. The van der Waals surface area contributed by atoms with E-state index in [2.05, 4.69) is 5.10 Å². The smallest absolute Gasteiger partial charge is 0.180 e. The maximum absolute atomic E-state index is 11.4. The van der Waals surface area contributed by atoms with E-state index >= 15 is 0 Å². The van der Waals surface area contributed by atoms with E-state index in [1.54, 1.807) is 16.9 Å². The quantitative estimate of drug-likeness (QED) is 0.640. The van der Waals surface area contributed by atoms with Crippen LogP contribution in [0, 0.1) is 0 Å². The van der Waals surface area contributed by atoms with Crippen molar-refractivity contribution in [3.8, 4) is 0 Å². The number of aromatic nitrogens is 2. The fourth-order valence-corrected chi connectivity index (χ4v) is 1.18. The molecule has 0 atom stereocenters. The Bertz CT molecular complexity index is 265. The molecule has 66 valence electrons. The van der Waals surface area contributed by atoms with Gasteiger partial charge in [-0.1, -0.05) is 6.92 Å². The van der Waals surface area contributed by atoms with Gasteiger partial charge in [0.15, 0.2) is 5.78 Å². The maximum atomic E-state index is 11.4. The summed E-state index contributed by atoms with van der Waals surface area (Å²) in [7, 11) is 0. The molecule has 0 bridgehead atoms. The molecule has 0 aliphatic carbocycles. The lowest BCUT2D eigenvalue weighted by atomic mass is 10.2. The average Bonchev–Trinajstić information content (AvgIpc) is 2.51. The Morgan fingerprint density at radius 3 is 2.92 bits per heavy atom. The molecule has 0 radical (unpaired) electrons. The van der Waals surface area contributed by atoms with Gasteiger partial charge in [-0.3, -0.25) is 9.48 Å². The predicted molar refractivity (Wildman–Crippen MR) is 47.1 cm³/mol. The molecule has 0 saturated heterocycles. The zero-order valence-corrected chi connectivity index (χ0v) is 7.58. The average molecular weight is 166 g/mol. The topological polar surface area (TPSA) is 34.9 Å². The number of carbonyl (C=O) groups excluding carboxylic acids is 1. The second-order valence-electron chi connectivity index (χ2n) is 2.71. The Morgan fingerprint density at radius 2 is 2.33 bits per heavy atom. The monoisotopic (exact) mass is 166 g/mol. The summed E-state index contributed by atoms with van der Waals surface area (Å²) in [4.78, 5) is 11.4. The summed E-state index contributed by atoms with van der Waals surface area (Å²) in [5, 5.41) is 4.03. The van der Waals surface area contributed by atoms with Crippen LogP contribution in [-0.2, 0) is 6.54 Å². The van der Waals surface area contributed by atoms with Crippen LogP contribution in [0.25, 0.3) is 0 Å². The van der Waals surface area contributed by atoms with E-state index in [9.17, 15) is 4.79 Å². The van der Waals surface area contributed by atoms with E-state index in [1.807, 2.05) is 13.8 Å². The highest BCUT2D eigenvalue weighted by molar-refractivity contribution is 5.94. The van der Waals surface area contributed by atoms with Gasteiger partial charge in [-0.05, 0) is 19.4 Å². The third kappa shape index (κ3) is 1.72. The minimum absolute atomic E-state index is 0.192. The van der Waals surface area contributed by atoms with Crippen LogP contribution in [0.5, 0.6) is 0 Å². The highest BCUT2D eigenvalue weighted by Crippen LogP contribution is 2.04. The first-order valence-corrected chi connectivity index (χ1v) is 4.34. The van der Waals surface area contributed by atoms with E-state index in [-0.39, 0.29) is 5.78 Å². The number of carbonyl (C=O) groups is 1. The second-order valence-corrected chi connectivity index (χ2v) is 2.71. The summed E-state index contributed by atoms with van der Waals surface area (Å²) >= 11 is 0. The molecule has 0 spiro atoms. The molecule has 3 nitrogen and oxygen atoms in total. The number of hydrogen-bond acceptors (Lipinski definition) is 2. The Hall–Kier alpha value is -1.12. The first kappa shape index (κ1) is 8.97. The third-order valence-corrected chi connectivity index (χ3v) is 1.78. The molecule has 0 N–H and O–H groups in total. The fourth-order valence-electron chi connectivity index (χ4n) is 1.18. The number of nitrogens with zero attached hydrogens (tertiary/aromatic N) is 2. The normalized spacial score (nSPS) is 10.2. The summed E-state index contributed by atoms with van der Waals surface area (Å²) in [6, 6.07) is 1.78. The van der Waals surface area contributed by atoms with Crippen LogP contribution in [0.15, 0.2) is 12.3 Å². The van der Waals surface area contributed by atoms with Crippen molar-refractivity contribution in [2.24, 2.45) is 0 Å². The molecule has 0 unspecified atom stereocenters. The van der Waals surface area contributed by atoms with Crippen molar-refractivity contribution in [2.75, 3.05) is 0 Å². The number of aryl methyl sites for hydroxylation is 1. The van der Waals surface area contributed by atoms with Gasteiger partial charge in [-0.15, -0.1) is 0 Å². The summed E-state index contributed by atoms with van der Waals surface area (Å²) in [5.74, 6) is 0.192. The van der Waals surface area contributed by atoms with Gasteiger partial charge in [0, 0.05) is 19.2 Å². The van der Waals surface area contributed by atoms with Crippen molar-refractivity contribution < 1.29 is 4.79 Å². The first-order chi connectivity index (χ1) is 5.79. The molecule has 3 heteroatoms. The summed E-state index contributed by atoms with van der Waals surface area (Å²) in [5.41, 5.74) is 0.736. The lowest BCUT2D eigenvalue weighted by Gasteiger charge is -2.01. The molecular weight excluding hydrogens is 152 g/mol. The lowest BCUT2D eigenvalue weighted by Crippen LogP contribution is -2.08. The summed E-state index contributed by atoms with van der Waals surface area (Å²) in [6.45, 7) is 4.75. The molecule has 1 heterocycles. The van der Waals surface area contributed by atoms with Crippen LogP contribution >= 0.6 is 0 Å². The molecule has 0 saturated carbocycles. The zero-order chi connectivity index (χ0) is 8.97. The van der Waals surface area contributed by atoms with Gasteiger partial charge in [0.1, 0.15) is 5.69 Å². The van der Waals surface area contributed by atoms with Gasteiger partial charge < -0.3 is 0 Å². The molecular formula is C9H14N2O. The third-order valence-electron chi connectivity index (χ3n) is 1.78. The molecule has 0 aliphatic heterocycles. The first-order valence-electron chi connectivity index (χ1n) is 4.34. The molecule has 0 fully saturated rings. The molecule has 0 aliphatic rings. The van der Waals surface area contributed by atoms with Crippen LogP contribution in [-0.4, -0.2) is 15.6 Å². The van der Waals surface area contributed by atoms with Gasteiger partial charge in [0.2, 0.25) is 0 Å². The Labute approximate surface area is 72.4 Å². The van der Waals surface area contributed by atoms with Crippen LogP contribution in [0.1, 0.15) is 37.2 Å². The molecule has 1 rings (SSSR count). The zero-order valence-electron chi connectivity index (χ0n) is 7.58. The molecule has 1 aromatic rings. The minimum Gasteiger partial charge on any atom is -0.292 e. The van der Waals surface area contributed by atoms with Gasteiger partial charge >= 0.3 is 0 Å². The fraction of sp³-hybridized carbons (Fsp3) is 0.556. The SMILES string of the molecule is CCCC(=O)c1ccnn1CC. The van der Waals surface area contributed by atoms with Crippen molar-refractivity contribution in [2.45, 2.75) is 33.2 Å². The molecule has 0 amide bonds. The minimum atomic E-state index is 0.192. The number of ketones is 1. The van der Waals surface area contributed by atoms with Gasteiger partial charge in [0.05, 0.1) is 0 Å². The van der Waals surface area contributed by atoms with Crippen LogP contribution in [0.4, 0.5) is 0 Å². The Kier molecular flexibility index (Phi) is 3.02. The van der Waals surface area contributed by atoms with Crippen molar-refractivity contribution >= 4 is 5.78 Å². The maximum Gasteiger partial charge on any atom is 0.180 e. The largest absolute Gasteiger partial charge is 0.292 e. The van der Waals surface area contributed by atoms with Crippen molar-refractivity contribution in [3.05, 3.63) is 18.0 Å². The van der Waals surface area contributed by atoms with E-state index < -0.39 is 0 Å². The van der Waals surface area contributed by atoms with Gasteiger partial charge in [-0.2, -0.15) is 5.10 Å². The van der Waals surface area contributed by atoms with Crippen LogP contribution < -0.4 is 0 Å². The number of rotatable bonds is 4. The van der Waals surface area contributed by atoms with E-state index in [4.69, 9.17) is 0 Å². The number of Topliss-reactive ketones (excluding diaryl/α,β-unsaturated/α-hetero) is 1. The summed E-state index contributed by atoms with van der Waals surface area (Å²) < 4.78 is 1.73. The van der Waals surface area contributed by atoms with Crippen LogP contribution in [0.2, 0.25) is 0 Å². The predicted octanol–water partition coefficient (Wildman–Crippen LogP) is 1.89. The van der Waals surface area contributed by atoms with Crippen molar-refractivity contribution in [3.63, 3.8) is 0 Å². The molecule has 1 aromatic heterocycles. The van der Waals surface area contributed by atoms with Gasteiger partial charge in [-0.25, -0.2) is 0 Å². The van der Waals surface area contributed by atoms with Crippen LogP contribution in [0.3, 0.4) is 0 Å².